The van der Waals surface area contributed by atoms with Crippen molar-refractivity contribution in [2.75, 3.05) is 11.5 Å². The van der Waals surface area contributed by atoms with E-state index < -0.39 is 0 Å². The summed E-state index contributed by atoms with van der Waals surface area (Å²) in [5, 5.41) is 3.22. The number of carbonyl (C=O) groups excluding carboxylic acids is 1. The molecule has 1 atom stereocenters. The topological polar surface area (TPSA) is 55.1 Å². The number of nitrogens with one attached hydrogen (secondary N) is 1. The predicted molar refractivity (Wildman–Crippen MR) is 75.2 cm³/mol. The van der Waals surface area contributed by atoms with Crippen molar-refractivity contribution >= 4 is 17.7 Å². The van der Waals surface area contributed by atoms with Gasteiger partial charge in [0.1, 0.15) is 0 Å². The van der Waals surface area contributed by atoms with E-state index in [-0.39, 0.29) is 11.9 Å². The monoisotopic (exact) mass is 258 g/mol. The van der Waals surface area contributed by atoms with Gasteiger partial charge in [0, 0.05) is 6.04 Å². The highest BCUT2D eigenvalue weighted by molar-refractivity contribution is 7.99. The summed E-state index contributed by atoms with van der Waals surface area (Å²) < 4.78 is 0. The van der Waals surface area contributed by atoms with E-state index in [0.717, 1.165) is 18.1 Å². The highest BCUT2D eigenvalue weighted by atomic mass is 32.2. The van der Waals surface area contributed by atoms with E-state index in [1.165, 1.54) is 31.4 Å². The molecule has 0 saturated heterocycles. The summed E-state index contributed by atoms with van der Waals surface area (Å²) >= 11 is 1.98. The van der Waals surface area contributed by atoms with Gasteiger partial charge in [-0.2, -0.15) is 11.8 Å². The summed E-state index contributed by atoms with van der Waals surface area (Å²) in [6, 6.07) is 0.151. The van der Waals surface area contributed by atoms with Crippen molar-refractivity contribution in [1.82, 2.24) is 5.32 Å². The Bertz CT molecular complexity index is 227. The summed E-state index contributed by atoms with van der Waals surface area (Å²) in [7, 11) is 0. The van der Waals surface area contributed by atoms with Gasteiger partial charge in [0.05, 0.1) is 6.04 Å². The fourth-order valence-electron chi connectivity index (χ4n) is 2.34. The van der Waals surface area contributed by atoms with Crippen LogP contribution in [0.25, 0.3) is 0 Å². The zero-order chi connectivity index (χ0) is 12.7. The molecular formula is C13H26N2OS. The van der Waals surface area contributed by atoms with Crippen LogP contribution in [0.3, 0.4) is 0 Å². The third-order valence-electron chi connectivity index (χ3n) is 3.26. The van der Waals surface area contributed by atoms with Crippen LogP contribution in [0.5, 0.6) is 0 Å². The second-order valence-corrected chi connectivity index (χ2v) is 6.44. The largest absolute Gasteiger partial charge is 0.368 e. The molecule has 0 heterocycles. The predicted octanol–water partition coefficient (Wildman–Crippen LogP) is 2.15. The lowest BCUT2D eigenvalue weighted by atomic mass is 10.1. The molecule has 0 aromatic carbocycles. The van der Waals surface area contributed by atoms with E-state index in [0.29, 0.717) is 6.04 Å². The molecule has 1 amide bonds. The molecule has 0 aromatic heterocycles. The Morgan fingerprint density at radius 3 is 2.59 bits per heavy atom. The highest BCUT2D eigenvalue weighted by Gasteiger charge is 2.17. The minimum absolute atomic E-state index is 0.161. The maximum atomic E-state index is 11.2. The van der Waals surface area contributed by atoms with Crippen LogP contribution in [0, 0.1) is 5.92 Å². The van der Waals surface area contributed by atoms with Gasteiger partial charge in [-0.05, 0) is 36.7 Å². The molecule has 0 bridgehead atoms. The van der Waals surface area contributed by atoms with Gasteiger partial charge >= 0.3 is 0 Å². The van der Waals surface area contributed by atoms with Gasteiger partial charge in [-0.1, -0.05) is 26.7 Å². The molecule has 1 unspecified atom stereocenters. The van der Waals surface area contributed by atoms with Crippen molar-refractivity contribution in [1.29, 1.82) is 0 Å². The third-order valence-corrected chi connectivity index (χ3v) is 4.49. The van der Waals surface area contributed by atoms with Crippen LogP contribution in [0.4, 0.5) is 0 Å². The Labute approximate surface area is 109 Å². The van der Waals surface area contributed by atoms with E-state index in [1.54, 1.807) is 0 Å². The first-order valence-corrected chi connectivity index (χ1v) is 7.88. The van der Waals surface area contributed by atoms with E-state index in [1.807, 2.05) is 25.6 Å². The molecule has 0 radical (unpaired) electrons. The van der Waals surface area contributed by atoms with Crippen LogP contribution in [0.15, 0.2) is 0 Å². The minimum atomic E-state index is -0.222. The molecule has 0 aliphatic heterocycles. The third kappa shape index (κ3) is 6.32. The lowest BCUT2D eigenvalue weighted by molar-refractivity contribution is -0.120. The van der Waals surface area contributed by atoms with Crippen molar-refractivity contribution in [2.24, 2.45) is 11.7 Å². The van der Waals surface area contributed by atoms with Crippen molar-refractivity contribution in [2.45, 2.75) is 58.0 Å². The van der Waals surface area contributed by atoms with Gasteiger partial charge in [0.2, 0.25) is 5.91 Å². The molecule has 100 valence electrons. The normalized spacial score (nSPS) is 18.8. The molecule has 1 fully saturated rings. The van der Waals surface area contributed by atoms with Gasteiger partial charge in [-0.3, -0.25) is 4.79 Å². The van der Waals surface area contributed by atoms with Gasteiger partial charge in [0.15, 0.2) is 0 Å². The smallest absolute Gasteiger partial charge is 0.234 e. The van der Waals surface area contributed by atoms with Crippen molar-refractivity contribution in [3.05, 3.63) is 0 Å². The van der Waals surface area contributed by atoms with Crippen LogP contribution in [0.1, 0.15) is 46.0 Å². The van der Waals surface area contributed by atoms with E-state index in [4.69, 9.17) is 5.73 Å². The fourth-order valence-corrected chi connectivity index (χ4v) is 3.57. The Morgan fingerprint density at radius 2 is 2.06 bits per heavy atom. The number of amides is 1. The van der Waals surface area contributed by atoms with Crippen molar-refractivity contribution in [3.63, 3.8) is 0 Å². The van der Waals surface area contributed by atoms with Crippen molar-refractivity contribution in [3.8, 4) is 0 Å². The van der Waals surface area contributed by atoms with Crippen LogP contribution >= 0.6 is 11.8 Å². The number of carbonyl (C=O) groups is 1. The Balaban J connectivity index is 2.11. The molecule has 3 nitrogen and oxygen atoms in total. The van der Waals surface area contributed by atoms with Gasteiger partial charge in [-0.25, -0.2) is 0 Å². The number of hydrogen-bond donors (Lipinski definition) is 2. The number of hydrogen-bond acceptors (Lipinski definition) is 3. The first-order valence-electron chi connectivity index (χ1n) is 6.72. The zero-order valence-electron chi connectivity index (χ0n) is 11.1. The van der Waals surface area contributed by atoms with E-state index in [9.17, 15) is 4.79 Å². The quantitative estimate of drug-likeness (QED) is 0.656. The molecule has 1 rings (SSSR count). The number of rotatable bonds is 8. The van der Waals surface area contributed by atoms with Crippen LogP contribution in [-0.4, -0.2) is 29.5 Å². The molecule has 1 aliphatic carbocycles. The number of thioether (sulfide) groups is 1. The summed E-state index contributed by atoms with van der Waals surface area (Å²) in [5.41, 5.74) is 5.38. The molecule has 1 aliphatic rings. The van der Waals surface area contributed by atoms with Gasteiger partial charge < -0.3 is 11.1 Å². The number of primary amides is 1. The second-order valence-electron chi connectivity index (χ2n) is 5.29. The lowest BCUT2D eigenvalue weighted by Gasteiger charge is -2.18. The first-order chi connectivity index (χ1) is 8.09. The average Bonchev–Trinajstić information content (AvgIpc) is 2.74. The van der Waals surface area contributed by atoms with Crippen LogP contribution in [0.2, 0.25) is 0 Å². The van der Waals surface area contributed by atoms with Crippen LogP contribution < -0.4 is 11.1 Å². The van der Waals surface area contributed by atoms with Crippen molar-refractivity contribution < 1.29 is 4.79 Å². The van der Waals surface area contributed by atoms with E-state index >= 15 is 0 Å². The Kier molecular flexibility index (Phi) is 6.97. The van der Waals surface area contributed by atoms with E-state index in [2.05, 4.69) is 5.32 Å². The zero-order valence-corrected chi connectivity index (χ0v) is 11.9. The number of nitrogens with two attached hydrogens (primary N) is 1. The van der Waals surface area contributed by atoms with Gasteiger partial charge in [0.25, 0.3) is 0 Å². The molecule has 17 heavy (non-hydrogen) atoms. The first kappa shape index (κ1) is 14.8. The SMILES string of the molecule is CC(C)NC(CCSCC1CCCC1)C(N)=O. The fraction of sp³-hybridized carbons (Fsp3) is 0.923. The summed E-state index contributed by atoms with van der Waals surface area (Å²) in [6.07, 6.45) is 6.46. The maximum absolute atomic E-state index is 11.2. The Hall–Kier alpha value is -0.220. The van der Waals surface area contributed by atoms with Crippen LogP contribution in [-0.2, 0) is 4.79 Å². The van der Waals surface area contributed by atoms with Gasteiger partial charge in [-0.15, -0.1) is 0 Å². The maximum Gasteiger partial charge on any atom is 0.234 e. The minimum Gasteiger partial charge on any atom is -0.368 e. The molecule has 0 aromatic rings. The Morgan fingerprint density at radius 1 is 1.41 bits per heavy atom. The standard InChI is InChI=1S/C13H26N2OS/c1-10(2)15-12(13(14)16)7-8-17-9-11-5-3-4-6-11/h10-12,15H,3-9H2,1-2H3,(H2,14,16). The molecule has 3 N–H and O–H groups in total. The molecular weight excluding hydrogens is 232 g/mol. The summed E-state index contributed by atoms with van der Waals surface area (Å²) in [6.45, 7) is 4.09. The second kappa shape index (κ2) is 7.98. The highest BCUT2D eigenvalue weighted by Crippen LogP contribution is 2.28. The molecule has 1 saturated carbocycles. The molecule has 4 heteroatoms. The summed E-state index contributed by atoms with van der Waals surface area (Å²) in [5.74, 6) is 2.99. The summed E-state index contributed by atoms with van der Waals surface area (Å²) in [4.78, 5) is 11.2. The lowest BCUT2D eigenvalue weighted by Crippen LogP contribution is -2.44. The average molecular weight is 258 g/mol. The molecule has 0 spiro atoms.